The molecule has 4 N–H and O–H groups in total. The van der Waals surface area contributed by atoms with Crippen molar-refractivity contribution in [2.45, 2.75) is 0 Å². The van der Waals surface area contributed by atoms with Crippen LogP contribution in [0.5, 0.6) is 0 Å². The van der Waals surface area contributed by atoms with Crippen molar-refractivity contribution >= 4 is 11.6 Å². The molecule has 0 aliphatic carbocycles. The number of nitrogen functional groups attached to an aromatic ring is 1. The topological polar surface area (TPSA) is 82.8 Å². The van der Waals surface area contributed by atoms with Gasteiger partial charge in [0.05, 0.1) is 0 Å². The summed E-state index contributed by atoms with van der Waals surface area (Å²) in [7, 11) is 0. The van der Waals surface area contributed by atoms with E-state index in [9.17, 15) is 10.0 Å². The highest BCUT2D eigenvalue weighted by molar-refractivity contribution is 5.92. The minimum absolute atomic E-state index is 0.256. The van der Waals surface area contributed by atoms with Gasteiger partial charge in [0.2, 0.25) is 0 Å². The molecule has 0 aromatic heterocycles. The third-order valence-electron chi connectivity index (χ3n) is 1.33. The second-order valence-electron chi connectivity index (χ2n) is 2.07. The molecule has 11 heavy (non-hydrogen) atoms. The van der Waals surface area contributed by atoms with E-state index in [1.54, 1.807) is 18.2 Å². The number of benzene rings is 1. The number of hydroxylamine groups is 1. The highest BCUT2D eigenvalue weighted by Crippen LogP contribution is 2.07. The summed E-state index contributed by atoms with van der Waals surface area (Å²) in [5.41, 5.74) is 6.28. The fourth-order valence-electron chi connectivity index (χ4n) is 0.785. The number of anilines is 1. The Kier molecular flexibility index (Phi) is 2.20. The number of hydrogen-bond donors (Lipinski definition) is 2. The van der Waals surface area contributed by atoms with E-state index in [0.29, 0.717) is 5.69 Å². The van der Waals surface area contributed by atoms with Gasteiger partial charge in [0.15, 0.2) is 0 Å². The molecular weight excluding hydrogens is 144 g/mol. The second kappa shape index (κ2) is 3.14. The first-order valence-corrected chi connectivity index (χ1v) is 3.09. The van der Waals surface area contributed by atoms with E-state index in [0.717, 1.165) is 0 Å². The lowest BCUT2D eigenvalue weighted by Crippen LogP contribution is -2.81. The number of rotatable bonds is 1. The van der Waals surface area contributed by atoms with E-state index in [1.807, 2.05) is 0 Å². The summed E-state index contributed by atoms with van der Waals surface area (Å²) in [6.45, 7) is 0. The number of quaternary nitrogens is 1. The SMILES string of the molecule is Nc1ccccc1C(=O)[NH2+][O-]. The molecule has 0 unspecified atom stereocenters. The Labute approximate surface area is 63.6 Å². The summed E-state index contributed by atoms with van der Waals surface area (Å²) in [4.78, 5) is 10.8. The van der Waals surface area contributed by atoms with E-state index < -0.39 is 5.91 Å². The molecule has 0 aliphatic rings. The fourth-order valence-corrected chi connectivity index (χ4v) is 0.785. The number of amides is 1. The molecule has 0 aliphatic heterocycles. The van der Waals surface area contributed by atoms with Gasteiger partial charge in [-0.3, -0.25) is 0 Å². The van der Waals surface area contributed by atoms with Crippen LogP contribution < -0.4 is 11.2 Å². The number of nitrogens with two attached hydrogens (primary N) is 2. The van der Waals surface area contributed by atoms with Crippen molar-refractivity contribution in [2.24, 2.45) is 0 Å². The molecule has 0 spiro atoms. The third-order valence-corrected chi connectivity index (χ3v) is 1.33. The summed E-state index contributed by atoms with van der Waals surface area (Å²) < 4.78 is 0. The van der Waals surface area contributed by atoms with Crippen molar-refractivity contribution < 1.29 is 10.3 Å². The van der Waals surface area contributed by atoms with Gasteiger partial charge in [0.25, 0.3) is 0 Å². The Bertz CT molecular complexity index is 273. The molecule has 0 bridgehead atoms. The quantitative estimate of drug-likeness (QED) is 0.419. The Morgan fingerprint density at radius 2 is 2.09 bits per heavy atom. The molecule has 0 saturated heterocycles. The van der Waals surface area contributed by atoms with E-state index in [-0.39, 0.29) is 11.0 Å². The number of para-hydroxylation sites is 1. The Balaban J connectivity index is 3.03. The largest absolute Gasteiger partial charge is 0.628 e. The molecule has 0 heterocycles. The highest BCUT2D eigenvalue weighted by Gasteiger charge is 2.07. The van der Waals surface area contributed by atoms with Crippen molar-refractivity contribution in [3.8, 4) is 0 Å². The lowest BCUT2D eigenvalue weighted by molar-refractivity contribution is -0.481. The van der Waals surface area contributed by atoms with Crippen LogP contribution in [0.4, 0.5) is 5.69 Å². The van der Waals surface area contributed by atoms with Crippen molar-refractivity contribution in [3.63, 3.8) is 0 Å². The van der Waals surface area contributed by atoms with E-state index in [2.05, 4.69) is 0 Å². The van der Waals surface area contributed by atoms with Gasteiger partial charge in [-0.05, 0) is 12.1 Å². The molecule has 58 valence electrons. The lowest BCUT2D eigenvalue weighted by atomic mass is 10.2. The second-order valence-corrected chi connectivity index (χ2v) is 2.07. The molecule has 1 amide bonds. The van der Waals surface area contributed by atoms with Crippen LogP contribution in [0.15, 0.2) is 24.3 Å². The van der Waals surface area contributed by atoms with Gasteiger partial charge in [-0.25, -0.2) is 4.79 Å². The first-order chi connectivity index (χ1) is 5.25. The van der Waals surface area contributed by atoms with Gasteiger partial charge in [-0.2, -0.15) is 0 Å². The molecular formula is C7H8N2O2. The zero-order chi connectivity index (χ0) is 8.27. The van der Waals surface area contributed by atoms with Crippen molar-refractivity contribution in [3.05, 3.63) is 35.0 Å². The number of primary amides is 1. The smallest absolute Gasteiger partial charge is 0.344 e. The molecule has 0 saturated carbocycles. The first-order valence-electron chi connectivity index (χ1n) is 3.09. The Morgan fingerprint density at radius 1 is 1.45 bits per heavy atom. The average Bonchev–Trinajstić information content (AvgIpc) is 2.04. The van der Waals surface area contributed by atoms with Gasteiger partial charge in [-0.15, -0.1) is 0 Å². The van der Waals surface area contributed by atoms with Crippen LogP contribution in [0.1, 0.15) is 10.4 Å². The van der Waals surface area contributed by atoms with Crippen LogP contribution in [-0.2, 0) is 0 Å². The average molecular weight is 152 g/mol. The molecule has 0 fully saturated rings. The lowest BCUT2D eigenvalue weighted by Gasteiger charge is -2.01. The zero-order valence-electron chi connectivity index (χ0n) is 5.78. The van der Waals surface area contributed by atoms with E-state index in [4.69, 9.17) is 5.73 Å². The molecule has 1 rings (SSSR count). The maximum absolute atomic E-state index is 10.8. The van der Waals surface area contributed by atoms with Crippen LogP contribution in [0.25, 0.3) is 0 Å². The van der Waals surface area contributed by atoms with Crippen LogP contribution >= 0.6 is 0 Å². The third kappa shape index (κ3) is 1.54. The summed E-state index contributed by atoms with van der Waals surface area (Å²) in [6, 6.07) is 6.47. The maximum atomic E-state index is 10.8. The van der Waals surface area contributed by atoms with E-state index in [1.165, 1.54) is 6.07 Å². The molecule has 4 heteroatoms. The maximum Gasteiger partial charge on any atom is 0.344 e. The predicted octanol–water partition coefficient (Wildman–Crippen LogP) is -0.530. The van der Waals surface area contributed by atoms with Gasteiger partial charge < -0.3 is 16.4 Å². The Morgan fingerprint density at radius 3 is 2.64 bits per heavy atom. The van der Waals surface area contributed by atoms with Crippen LogP contribution in [0.3, 0.4) is 0 Å². The Hall–Kier alpha value is -1.39. The summed E-state index contributed by atoms with van der Waals surface area (Å²) in [5.74, 6) is -0.580. The highest BCUT2D eigenvalue weighted by atomic mass is 16.5. The summed E-state index contributed by atoms with van der Waals surface area (Å²) in [5, 5.41) is 10.1. The zero-order valence-corrected chi connectivity index (χ0v) is 5.78. The minimum atomic E-state index is -0.580. The summed E-state index contributed by atoms with van der Waals surface area (Å²) >= 11 is 0. The first kappa shape index (κ1) is 7.71. The van der Waals surface area contributed by atoms with Crippen LogP contribution in [0, 0.1) is 5.21 Å². The molecule has 4 nitrogen and oxygen atoms in total. The van der Waals surface area contributed by atoms with Gasteiger partial charge in [0, 0.05) is 5.69 Å². The molecule has 1 aromatic rings. The van der Waals surface area contributed by atoms with Crippen molar-refractivity contribution in [1.29, 1.82) is 0 Å². The standard InChI is InChI=1S/C7H8N2O2/c8-6-4-2-1-3-5(6)7(10)9-11/h1-4H,8-9H2. The van der Waals surface area contributed by atoms with E-state index >= 15 is 0 Å². The molecule has 1 aromatic carbocycles. The monoisotopic (exact) mass is 152 g/mol. The number of carbonyl (C=O) groups excluding carboxylic acids is 1. The van der Waals surface area contributed by atoms with Gasteiger partial charge >= 0.3 is 5.91 Å². The minimum Gasteiger partial charge on any atom is -0.628 e. The summed E-state index contributed by atoms with van der Waals surface area (Å²) in [6.07, 6.45) is 0. The predicted molar refractivity (Wildman–Crippen MR) is 40.5 cm³/mol. The van der Waals surface area contributed by atoms with Gasteiger partial charge in [0.1, 0.15) is 5.56 Å². The van der Waals surface area contributed by atoms with Gasteiger partial charge in [-0.1, -0.05) is 12.1 Å². The van der Waals surface area contributed by atoms with Crippen molar-refractivity contribution in [2.75, 3.05) is 5.73 Å². The molecule has 0 radical (unpaired) electrons. The fraction of sp³-hybridized carbons (Fsp3) is 0. The van der Waals surface area contributed by atoms with Crippen molar-refractivity contribution in [1.82, 2.24) is 0 Å². The number of carbonyl (C=O) groups is 1. The number of hydrogen-bond acceptors (Lipinski definition) is 3. The normalized spacial score (nSPS) is 9.55. The van der Waals surface area contributed by atoms with Crippen LogP contribution in [0.2, 0.25) is 0 Å². The van der Waals surface area contributed by atoms with Crippen LogP contribution in [-0.4, -0.2) is 5.91 Å². The molecule has 0 atom stereocenters.